The molecule has 210 valence electrons. The normalized spacial score (nSPS) is 36.0. The zero-order valence-corrected chi connectivity index (χ0v) is 20.2. The van der Waals surface area contributed by atoms with Crippen LogP contribution in [0.3, 0.4) is 0 Å². The first-order valence-corrected chi connectivity index (χ1v) is 11.2. The Morgan fingerprint density at radius 1 is 0.919 bits per heavy atom. The summed E-state index contributed by atoms with van der Waals surface area (Å²) in [5.74, 6) is -2.22. The number of aryl methyl sites for hydroxylation is 2. The van der Waals surface area contributed by atoms with Gasteiger partial charge < -0.3 is 59.6 Å². The van der Waals surface area contributed by atoms with Crippen LogP contribution < -0.4 is 11.2 Å². The molecular weight excluding hydrogens is 504 g/mol. The van der Waals surface area contributed by atoms with Crippen molar-refractivity contribution in [3.8, 4) is 0 Å². The summed E-state index contributed by atoms with van der Waals surface area (Å²) >= 11 is 0. The van der Waals surface area contributed by atoms with Gasteiger partial charge in [-0.05, 0) is 0 Å². The molecule has 0 aromatic carbocycles. The first-order chi connectivity index (χ1) is 17.3. The quantitative estimate of drug-likeness (QED) is 0.177. The predicted octanol–water partition coefficient (Wildman–Crippen LogP) is -6.42. The van der Waals surface area contributed by atoms with Crippen LogP contribution in [0.25, 0.3) is 11.2 Å². The number of hydrogen-bond acceptors (Lipinski definition) is 14. The molecule has 0 aliphatic carbocycles. The minimum Gasteiger partial charge on any atom is -0.394 e. The molecule has 9 atom stereocenters. The van der Waals surface area contributed by atoms with Crippen LogP contribution in [-0.2, 0) is 35.4 Å². The molecule has 0 spiro atoms. The van der Waals surface area contributed by atoms with Crippen LogP contribution in [0.4, 0.5) is 0 Å². The van der Waals surface area contributed by atoms with E-state index in [2.05, 4.69) is 4.98 Å². The van der Waals surface area contributed by atoms with Gasteiger partial charge in [-0.15, -0.1) is 0 Å². The molecule has 0 amide bonds. The maximum Gasteiger partial charge on any atom is 0.332 e. The van der Waals surface area contributed by atoms with Crippen LogP contribution in [-0.4, -0.2) is 134 Å². The minimum atomic E-state index is -2.22. The molecule has 2 aliphatic rings. The van der Waals surface area contributed by atoms with Crippen molar-refractivity contribution in [2.45, 2.75) is 54.8 Å². The third kappa shape index (κ3) is 5.08. The SMILES string of the molecule is Cn1c(=O)c2c(ncn2C)n(C)c1=O.OC[C@H]1O[C@@](CO)(O[C@H]2O[C@H](CO)[C@@H](O)[C@H](O)[C@H]2O)[C@@H](O)[C@@H]1O. The van der Waals surface area contributed by atoms with Crippen LogP contribution in [0.15, 0.2) is 15.9 Å². The number of ether oxygens (including phenoxy) is 3. The Kier molecular flexibility index (Phi) is 8.87. The number of nitrogens with zero attached hydrogens (tertiary/aromatic N) is 4. The topological polar surface area (TPSA) is 251 Å². The Morgan fingerprint density at radius 3 is 2.08 bits per heavy atom. The van der Waals surface area contributed by atoms with E-state index in [1.807, 2.05) is 0 Å². The van der Waals surface area contributed by atoms with Gasteiger partial charge in [0.15, 0.2) is 17.5 Å². The standard InChI is InChI=1S/C12H22O11.C8H10N4O2/c13-1-4-6(16)8(18)9(19)11(21-4)23-12(3-15)10(20)7(17)5(2-14)22-12;1-10-4-9-6-5(10)7(13)12(3)8(14)11(6)2/h4-11,13-20H,1-3H2;4H,1-3H3/t4-,5-,6-,7-,8+,9-,10+,11-,12+;/m1./s1. The molecule has 2 fully saturated rings. The average Bonchev–Trinajstić information content (AvgIpc) is 3.40. The minimum absolute atomic E-state index is 0.317. The van der Waals surface area contributed by atoms with Crippen molar-refractivity contribution in [2.75, 3.05) is 19.8 Å². The van der Waals surface area contributed by atoms with Crippen molar-refractivity contribution in [3.63, 3.8) is 0 Å². The zero-order chi connectivity index (χ0) is 27.8. The van der Waals surface area contributed by atoms with Crippen LogP contribution >= 0.6 is 0 Å². The number of aliphatic hydroxyl groups is 8. The zero-order valence-electron chi connectivity index (χ0n) is 20.2. The lowest BCUT2D eigenvalue weighted by Crippen LogP contribution is -2.62. The summed E-state index contributed by atoms with van der Waals surface area (Å²) in [7, 11) is 4.77. The van der Waals surface area contributed by atoms with Gasteiger partial charge in [-0.25, -0.2) is 9.78 Å². The summed E-state index contributed by atoms with van der Waals surface area (Å²) in [4.78, 5) is 27.2. The molecule has 0 bridgehead atoms. The monoisotopic (exact) mass is 536 g/mol. The van der Waals surface area contributed by atoms with Gasteiger partial charge in [0, 0.05) is 21.1 Å². The van der Waals surface area contributed by atoms with E-state index in [0.717, 1.165) is 4.57 Å². The fourth-order valence-electron chi connectivity index (χ4n) is 4.10. The summed E-state index contributed by atoms with van der Waals surface area (Å²) in [5.41, 5.74) is 0.180. The van der Waals surface area contributed by atoms with Crippen molar-refractivity contribution >= 4 is 11.2 Å². The van der Waals surface area contributed by atoms with Crippen molar-refractivity contribution in [1.29, 1.82) is 0 Å². The molecule has 17 heteroatoms. The van der Waals surface area contributed by atoms with Crippen molar-refractivity contribution in [3.05, 3.63) is 27.2 Å². The van der Waals surface area contributed by atoms with Gasteiger partial charge in [0.25, 0.3) is 5.56 Å². The molecule has 8 N–H and O–H groups in total. The summed E-state index contributed by atoms with van der Waals surface area (Å²) < 4.78 is 19.5. The molecule has 37 heavy (non-hydrogen) atoms. The Labute approximate surface area is 208 Å². The van der Waals surface area contributed by atoms with Gasteiger partial charge in [-0.3, -0.25) is 13.9 Å². The molecule has 0 saturated carbocycles. The van der Waals surface area contributed by atoms with E-state index in [1.54, 1.807) is 18.7 Å². The predicted molar refractivity (Wildman–Crippen MR) is 120 cm³/mol. The molecule has 0 unspecified atom stereocenters. The molecule has 2 aliphatic heterocycles. The summed E-state index contributed by atoms with van der Waals surface area (Å²) in [6.07, 6.45) is -11.1. The number of aromatic nitrogens is 4. The van der Waals surface area contributed by atoms with E-state index < -0.39 is 74.6 Å². The van der Waals surface area contributed by atoms with Crippen LogP contribution in [0, 0.1) is 0 Å². The average molecular weight is 536 g/mol. The molecular formula is C20H32N4O13. The van der Waals surface area contributed by atoms with Crippen LogP contribution in [0.5, 0.6) is 0 Å². The van der Waals surface area contributed by atoms with Gasteiger partial charge in [0.1, 0.15) is 49.3 Å². The number of rotatable bonds is 5. The lowest BCUT2D eigenvalue weighted by molar-refractivity contribution is -0.383. The van der Waals surface area contributed by atoms with Crippen molar-refractivity contribution < 1.29 is 55.1 Å². The summed E-state index contributed by atoms with van der Waals surface area (Å²) in [6.45, 7) is -2.32. The van der Waals surface area contributed by atoms with Crippen LogP contribution in [0.1, 0.15) is 0 Å². The molecule has 2 aromatic rings. The highest BCUT2D eigenvalue weighted by molar-refractivity contribution is 5.69. The molecule has 4 heterocycles. The highest BCUT2D eigenvalue weighted by atomic mass is 16.8. The molecule has 17 nitrogen and oxygen atoms in total. The Morgan fingerprint density at radius 2 is 1.54 bits per heavy atom. The summed E-state index contributed by atoms with van der Waals surface area (Å²) in [5, 5.41) is 76.7. The van der Waals surface area contributed by atoms with Gasteiger partial charge in [0.05, 0.1) is 19.5 Å². The van der Waals surface area contributed by atoms with Crippen molar-refractivity contribution in [1.82, 2.24) is 18.7 Å². The van der Waals surface area contributed by atoms with Gasteiger partial charge in [-0.2, -0.15) is 0 Å². The lowest BCUT2D eigenvalue weighted by Gasteiger charge is -2.43. The molecule has 4 rings (SSSR count). The number of imidazole rings is 1. The molecule has 2 aromatic heterocycles. The first-order valence-electron chi connectivity index (χ1n) is 11.2. The molecule has 2 saturated heterocycles. The largest absolute Gasteiger partial charge is 0.394 e. The highest BCUT2D eigenvalue weighted by Gasteiger charge is 2.58. The second kappa shape index (κ2) is 11.2. The first kappa shape index (κ1) is 29.3. The Bertz CT molecular complexity index is 1200. The summed E-state index contributed by atoms with van der Waals surface area (Å²) in [6, 6.07) is 0. The fourth-order valence-corrected chi connectivity index (χ4v) is 4.10. The molecule has 0 radical (unpaired) electrons. The van der Waals surface area contributed by atoms with Gasteiger partial charge >= 0.3 is 5.69 Å². The smallest absolute Gasteiger partial charge is 0.332 e. The lowest BCUT2D eigenvalue weighted by atomic mass is 9.99. The maximum absolute atomic E-state index is 11.7. The van der Waals surface area contributed by atoms with Crippen molar-refractivity contribution in [2.24, 2.45) is 21.1 Å². The number of aliphatic hydroxyl groups excluding tert-OH is 8. The van der Waals surface area contributed by atoms with E-state index in [9.17, 15) is 40.2 Å². The fraction of sp³-hybridized carbons (Fsp3) is 0.750. The van der Waals surface area contributed by atoms with E-state index in [1.165, 1.54) is 17.9 Å². The van der Waals surface area contributed by atoms with Gasteiger partial charge in [-0.1, -0.05) is 0 Å². The highest BCUT2D eigenvalue weighted by Crippen LogP contribution is 2.35. The number of fused-ring (bicyclic) bond motifs is 1. The van der Waals surface area contributed by atoms with E-state index in [-0.39, 0.29) is 11.2 Å². The Balaban J connectivity index is 0.000000231. The maximum atomic E-state index is 11.7. The van der Waals surface area contributed by atoms with E-state index in [0.29, 0.717) is 11.2 Å². The Hall–Kier alpha value is -2.29. The van der Waals surface area contributed by atoms with E-state index >= 15 is 0 Å². The third-order valence-corrected chi connectivity index (χ3v) is 6.39. The number of hydrogen-bond donors (Lipinski definition) is 8. The van der Waals surface area contributed by atoms with Crippen LogP contribution in [0.2, 0.25) is 0 Å². The van der Waals surface area contributed by atoms with E-state index in [4.69, 9.17) is 24.4 Å². The van der Waals surface area contributed by atoms with Gasteiger partial charge in [0.2, 0.25) is 5.79 Å². The second-order valence-electron chi connectivity index (χ2n) is 8.79. The third-order valence-electron chi connectivity index (χ3n) is 6.39. The second-order valence-corrected chi connectivity index (χ2v) is 8.79.